The first kappa shape index (κ1) is 12.5. The number of benzene rings is 1. The molecule has 6 heteroatoms. The number of amides is 3. The lowest BCUT2D eigenvalue weighted by atomic mass is 9.93. The second-order valence-corrected chi connectivity index (χ2v) is 4.57. The van der Waals surface area contributed by atoms with E-state index in [0.717, 1.165) is 5.56 Å². The van der Waals surface area contributed by atoms with Gasteiger partial charge in [0, 0.05) is 0 Å². The van der Waals surface area contributed by atoms with E-state index in [9.17, 15) is 14.0 Å². The van der Waals surface area contributed by atoms with Crippen LogP contribution >= 0.6 is 0 Å². The zero-order valence-corrected chi connectivity index (χ0v) is 9.94. The van der Waals surface area contributed by atoms with Crippen molar-refractivity contribution in [3.05, 3.63) is 35.6 Å². The van der Waals surface area contributed by atoms with Crippen LogP contribution in [0.2, 0.25) is 0 Å². The zero-order chi connectivity index (χ0) is 13.3. The quantitative estimate of drug-likeness (QED) is 0.477. The maximum atomic E-state index is 13.0. The molecule has 0 aromatic heterocycles. The van der Waals surface area contributed by atoms with Gasteiger partial charge in [-0.3, -0.25) is 4.79 Å². The topological polar surface area (TPSA) is 75.4 Å². The Morgan fingerprint density at radius 3 is 2.72 bits per heavy atom. The minimum atomic E-state index is -1.02. The van der Waals surface area contributed by atoms with Crippen LogP contribution in [0.1, 0.15) is 18.9 Å². The number of hydrazine groups is 1. The summed E-state index contributed by atoms with van der Waals surface area (Å²) in [5, 5.41) is 3.11. The minimum Gasteiger partial charge on any atom is -0.322 e. The highest BCUT2D eigenvalue weighted by Gasteiger charge is 2.46. The van der Waals surface area contributed by atoms with E-state index in [0.29, 0.717) is 17.9 Å². The summed E-state index contributed by atoms with van der Waals surface area (Å²) in [6.07, 6.45) is 0.850. The molecule has 3 amide bonds. The van der Waals surface area contributed by atoms with Crippen LogP contribution in [-0.2, 0) is 11.2 Å². The molecule has 0 radical (unpaired) electrons. The molecule has 5 nitrogen and oxygen atoms in total. The lowest BCUT2D eigenvalue weighted by Gasteiger charge is -2.20. The van der Waals surface area contributed by atoms with Crippen LogP contribution < -0.4 is 11.2 Å². The van der Waals surface area contributed by atoms with Gasteiger partial charge >= 0.3 is 6.03 Å². The van der Waals surface area contributed by atoms with Crippen LogP contribution in [-0.4, -0.2) is 22.5 Å². The van der Waals surface area contributed by atoms with Gasteiger partial charge in [-0.25, -0.2) is 15.0 Å². The summed E-state index contributed by atoms with van der Waals surface area (Å²) in [6.45, 7) is 1.61. The van der Waals surface area contributed by atoms with E-state index < -0.39 is 17.5 Å². The summed E-state index contributed by atoms with van der Waals surface area (Å²) < 4.78 is 13.0. The van der Waals surface area contributed by atoms with Gasteiger partial charge in [0.2, 0.25) is 0 Å². The summed E-state index contributed by atoms with van der Waals surface area (Å²) in [6, 6.07) is 5.53. The average molecular weight is 251 g/mol. The number of hydrogen-bond donors (Lipinski definition) is 2. The Kier molecular flexibility index (Phi) is 3.04. The summed E-state index contributed by atoms with van der Waals surface area (Å²) in [5.41, 5.74) is -0.244. The lowest BCUT2D eigenvalue weighted by molar-refractivity contribution is -0.131. The van der Waals surface area contributed by atoms with Crippen LogP contribution in [0.15, 0.2) is 24.3 Å². The Morgan fingerprint density at radius 1 is 1.44 bits per heavy atom. The van der Waals surface area contributed by atoms with Crippen LogP contribution in [0, 0.1) is 5.82 Å². The maximum Gasteiger partial charge on any atom is 0.339 e. The van der Waals surface area contributed by atoms with E-state index in [1.807, 2.05) is 0 Å². The van der Waals surface area contributed by atoms with Gasteiger partial charge in [-0.1, -0.05) is 12.1 Å². The molecular weight excluding hydrogens is 237 g/mol. The van der Waals surface area contributed by atoms with Crippen molar-refractivity contribution in [1.82, 2.24) is 10.3 Å². The molecule has 96 valence electrons. The normalized spacial score (nSPS) is 23.4. The molecule has 1 aromatic rings. The van der Waals surface area contributed by atoms with E-state index >= 15 is 0 Å². The van der Waals surface area contributed by atoms with Gasteiger partial charge < -0.3 is 5.32 Å². The largest absolute Gasteiger partial charge is 0.339 e. The molecule has 1 saturated heterocycles. The van der Waals surface area contributed by atoms with Crippen LogP contribution in [0.3, 0.4) is 0 Å². The third-order valence-corrected chi connectivity index (χ3v) is 3.10. The first-order valence-corrected chi connectivity index (χ1v) is 5.58. The van der Waals surface area contributed by atoms with Crippen molar-refractivity contribution in [1.29, 1.82) is 0 Å². The molecular formula is C12H14FN3O2. The van der Waals surface area contributed by atoms with Crippen molar-refractivity contribution >= 4 is 11.9 Å². The molecule has 1 aliphatic heterocycles. The molecule has 1 atom stereocenters. The van der Waals surface area contributed by atoms with E-state index in [4.69, 9.17) is 5.84 Å². The van der Waals surface area contributed by atoms with Crippen molar-refractivity contribution in [2.75, 3.05) is 0 Å². The smallest absolute Gasteiger partial charge is 0.322 e. The Hall–Kier alpha value is -1.95. The van der Waals surface area contributed by atoms with Crippen LogP contribution in [0.5, 0.6) is 0 Å². The summed E-state index contributed by atoms with van der Waals surface area (Å²) >= 11 is 0. The first-order chi connectivity index (χ1) is 8.42. The fourth-order valence-corrected chi connectivity index (χ4v) is 1.96. The monoisotopic (exact) mass is 251 g/mol. The first-order valence-electron chi connectivity index (χ1n) is 5.58. The molecule has 1 heterocycles. The summed E-state index contributed by atoms with van der Waals surface area (Å²) in [5.74, 6) is 4.51. The third kappa shape index (κ3) is 2.19. The summed E-state index contributed by atoms with van der Waals surface area (Å²) in [4.78, 5) is 23.0. The Labute approximate surface area is 104 Å². The van der Waals surface area contributed by atoms with Gasteiger partial charge in [0.05, 0.1) is 0 Å². The summed E-state index contributed by atoms with van der Waals surface area (Å²) in [7, 11) is 0. The Morgan fingerprint density at radius 2 is 2.17 bits per heavy atom. The number of carbonyl (C=O) groups excluding carboxylic acids is 2. The number of rotatable bonds is 3. The van der Waals surface area contributed by atoms with Gasteiger partial charge in [0.15, 0.2) is 0 Å². The van der Waals surface area contributed by atoms with Gasteiger partial charge in [-0.05, 0) is 37.5 Å². The molecule has 1 fully saturated rings. The van der Waals surface area contributed by atoms with Crippen molar-refractivity contribution in [2.45, 2.75) is 25.3 Å². The number of nitrogens with zero attached hydrogens (tertiary/aromatic N) is 1. The SMILES string of the molecule is C[C@@]1(CCc2cccc(F)c2)NC(=O)N(N)C1=O. The second kappa shape index (κ2) is 4.38. The predicted octanol–water partition coefficient (Wildman–Crippen LogP) is 0.942. The van der Waals surface area contributed by atoms with Crippen LogP contribution in [0.25, 0.3) is 0 Å². The van der Waals surface area contributed by atoms with E-state index in [1.54, 1.807) is 19.1 Å². The minimum absolute atomic E-state index is 0.320. The number of aryl methyl sites for hydroxylation is 1. The fraction of sp³-hybridized carbons (Fsp3) is 0.333. The maximum absolute atomic E-state index is 13.0. The number of urea groups is 1. The average Bonchev–Trinajstić information content (AvgIpc) is 2.52. The van der Waals surface area contributed by atoms with Crippen molar-refractivity contribution in [3.8, 4) is 0 Å². The van der Waals surface area contributed by atoms with Crippen molar-refractivity contribution in [3.63, 3.8) is 0 Å². The third-order valence-electron chi connectivity index (χ3n) is 3.10. The molecule has 0 saturated carbocycles. The fourth-order valence-electron chi connectivity index (χ4n) is 1.96. The van der Waals surface area contributed by atoms with Crippen molar-refractivity contribution in [2.24, 2.45) is 5.84 Å². The molecule has 0 spiro atoms. The van der Waals surface area contributed by atoms with E-state index in [2.05, 4.69) is 5.32 Å². The molecule has 0 bridgehead atoms. The molecule has 0 unspecified atom stereocenters. The van der Waals surface area contributed by atoms with Gasteiger partial charge in [0.1, 0.15) is 11.4 Å². The number of carbonyl (C=O) groups is 2. The molecule has 1 aliphatic rings. The number of halogens is 1. The molecule has 18 heavy (non-hydrogen) atoms. The number of nitrogens with two attached hydrogens (primary N) is 1. The zero-order valence-electron chi connectivity index (χ0n) is 9.94. The molecule has 1 aromatic carbocycles. The highest BCUT2D eigenvalue weighted by molar-refractivity contribution is 6.06. The lowest BCUT2D eigenvalue weighted by Crippen LogP contribution is -2.45. The molecule has 0 aliphatic carbocycles. The van der Waals surface area contributed by atoms with Gasteiger partial charge in [-0.2, -0.15) is 5.01 Å². The van der Waals surface area contributed by atoms with E-state index in [-0.39, 0.29) is 5.82 Å². The van der Waals surface area contributed by atoms with Gasteiger partial charge in [0.25, 0.3) is 5.91 Å². The van der Waals surface area contributed by atoms with Crippen LogP contribution in [0.4, 0.5) is 9.18 Å². The standard InChI is InChI=1S/C12H14FN3O2/c1-12(10(17)16(14)11(18)15-12)6-5-8-3-2-4-9(13)7-8/h2-4,7H,5-6,14H2,1H3,(H,15,18)/t12-/m0/s1. The molecule has 2 rings (SSSR count). The van der Waals surface area contributed by atoms with Crippen molar-refractivity contribution < 1.29 is 14.0 Å². The van der Waals surface area contributed by atoms with Gasteiger partial charge in [-0.15, -0.1) is 0 Å². The highest BCUT2D eigenvalue weighted by atomic mass is 19.1. The Balaban J connectivity index is 2.06. The van der Waals surface area contributed by atoms with E-state index in [1.165, 1.54) is 12.1 Å². The molecule has 3 N–H and O–H groups in total. The Bertz CT molecular complexity index is 506. The second-order valence-electron chi connectivity index (χ2n) is 4.57. The number of nitrogens with one attached hydrogen (secondary N) is 1. The highest BCUT2D eigenvalue weighted by Crippen LogP contribution is 2.21. The predicted molar refractivity (Wildman–Crippen MR) is 62.7 cm³/mol. The number of imide groups is 1. The number of hydrogen-bond acceptors (Lipinski definition) is 3.